The molecule has 0 spiro atoms. The number of aromatic hydroxyl groups is 1. The highest BCUT2D eigenvalue weighted by Gasteiger charge is 2.67. The van der Waals surface area contributed by atoms with Crippen LogP contribution in [0.25, 0.3) is 0 Å². The SMILES string of the molecule is COc1cc(C2C3=CCC4C(=O)N(c5ccc(Nc6ccccc6)cc5)C(=O)C4C3CC3C(=O)N(c4ccc(F)c(Cl)c4)C(=O)C32C)cc(OC)c1O. The Morgan fingerprint density at radius 1 is 0.811 bits per heavy atom. The molecule has 2 saturated heterocycles. The van der Waals surface area contributed by atoms with Crippen molar-refractivity contribution >= 4 is 58.0 Å². The number of imide groups is 2. The number of nitrogens with one attached hydrogen (secondary N) is 1. The summed E-state index contributed by atoms with van der Waals surface area (Å²) in [4.78, 5) is 60.1. The molecule has 2 N–H and O–H groups in total. The van der Waals surface area contributed by atoms with Gasteiger partial charge >= 0.3 is 0 Å². The number of rotatable bonds is 7. The second-order valence-electron chi connectivity index (χ2n) is 14.1. The Hall–Kier alpha value is -5.68. The van der Waals surface area contributed by atoms with Crippen LogP contribution in [0.2, 0.25) is 5.02 Å². The molecule has 0 aromatic heterocycles. The lowest BCUT2D eigenvalue weighted by Crippen LogP contribution is -2.48. The minimum absolute atomic E-state index is 0.0957. The molecule has 2 aliphatic heterocycles. The van der Waals surface area contributed by atoms with Gasteiger partial charge in [-0.05, 0) is 98.0 Å². The number of ether oxygens (including phenoxy) is 2. The van der Waals surface area contributed by atoms with E-state index in [2.05, 4.69) is 5.32 Å². The number of halogens is 2. The number of benzene rings is 4. The number of amides is 4. The average Bonchev–Trinajstić information content (AvgIpc) is 3.53. The number of carbonyl (C=O) groups excluding carboxylic acids is 4. The maximum Gasteiger partial charge on any atom is 0.241 e. The Morgan fingerprint density at radius 3 is 2.09 bits per heavy atom. The van der Waals surface area contributed by atoms with Gasteiger partial charge in [0.25, 0.3) is 0 Å². The highest BCUT2D eigenvalue weighted by molar-refractivity contribution is 6.32. The number of hydrogen-bond donors (Lipinski definition) is 2. The molecule has 0 bridgehead atoms. The largest absolute Gasteiger partial charge is 0.502 e. The van der Waals surface area contributed by atoms with Gasteiger partial charge in [-0.1, -0.05) is 41.4 Å². The number of anilines is 4. The van der Waals surface area contributed by atoms with Crippen LogP contribution >= 0.6 is 11.6 Å². The summed E-state index contributed by atoms with van der Waals surface area (Å²) < 4.78 is 25.2. The standard InChI is InChI=1S/C41H35ClFN3O7/c1-41-29(38(49)46(40(41)51)25-13-16-31(43)30(42)19-25)20-28-26(35(41)21-17-32(52-2)36(47)33(18-21)53-3)14-15-27-34(28)39(50)45(37(27)48)24-11-9-23(10-12-24)44-22-7-5-4-6-8-22/h4-14,16-19,27-29,34-35,44,47H,15,20H2,1-3H3. The Labute approximate surface area is 309 Å². The topological polar surface area (TPSA) is 125 Å². The first-order chi connectivity index (χ1) is 25.5. The van der Waals surface area contributed by atoms with E-state index in [1.807, 2.05) is 36.4 Å². The van der Waals surface area contributed by atoms with Crippen LogP contribution in [0.5, 0.6) is 17.2 Å². The monoisotopic (exact) mass is 735 g/mol. The predicted molar refractivity (Wildman–Crippen MR) is 196 cm³/mol. The highest BCUT2D eigenvalue weighted by atomic mass is 35.5. The molecule has 270 valence electrons. The average molecular weight is 736 g/mol. The summed E-state index contributed by atoms with van der Waals surface area (Å²) in [7, 11) is 2.78. The third-order valence-corrected chi connectivity index (χ3v) is 11.7. The number of methoxy groups -OCH3 is 2. The van der Waals surface area contributed by atoms with E-state index in [1.165, 1.54) is 31.3 Å². The van der Waals surface area contributed by atoms with Crippen molar-refractivity contribution in [3.8, 4) is 17.2 Å². The molecule has 4 aliphatic rings. The quantitative estimate of drug-likeness (QED) is 0.149. The summed E-state index contributed by atoms with van der Waals surface area (Å²) in [5.41, 5.74) is 2.10. The van der Waals surface area contributed by atoms with Crippen LogP contribution in [0.15, 0.2) is 96.6 Å². The van der Waals surface area contributed by atoms with Crippen molar-refractivity contribution < 1.29 is 38.1 Å². The summed E-state index contributed by atoms with van der Waals surface area (Å²) in [6.45, 7) is 1.72. The third kappa shape index (κ3) is 5.20. The van der Waals surface area contributed by atoms with Crippen molar-refractivity contribution in [1.29, 1.82) is 0 Å². The Kier molecular flexibility index (Phi) is 8.29. The minimum Gasteiger partial charge on any atom is -0.502 e. The molecule has 8 rings (SSSR count). The molecule has 2 heterocycles. The molecule has 12 heteroatoms. The van der Waals surface area contributed by atoms with E-state index in [4.69, 9.17) is 21.1 Å². The molecule has 6 atom stereocenters. The zero-order valence-corrected chi connectivity index (χ0v) is 29.8. The van der Waals surface area contributed by atoms with E-state index in [-0.39, 0.29) is 52.6 Å². The lowest BCUT2D eigenvalue weighted by atomic mass is 9.51. The summed E-state index contributed by atoms with van der Waals surface area (Å²) in [6, 6.07) is 23.6. The minimum atomic E-state index is -1.40. The molecule has 4 aromatic rings. The molecule has 0 radical (unpaired) electrons. The molecule has 4 aromatic carbocycles. The summed E-state index contributed by atoms with van der Waals surface area (Å²) in [6.07, 6.45) is 2.30. The lowest BCUT2D eigenvalue weighted by Gasteiger charge is -2.49. The predicted octanol–water partition coefficient (Wildman–Crippen LogP) is 7.38. The van der Waals surface area contributed by atoms with Gasteiger partial charge in [-0.25, -0.2) is 9.29 Å². The zero-order valence-electron chi connectivity index (χ0n) is 29.0. The fourth-order valence-corrected chi connectivity index (χ4v) is 9.16. The van der Waals surface area contributed by atoms with Crippen molar-refractivity contribution in [2.24, 2.45) is 29.1 Å². The fraction of sp³-hybridized carbons (Fsp3) is 0.268. The molecule has 53 heavy (non-hydrogen) atoms. The van der Waals surface area contributed by atoms with Gasteiger partial charge in [-0.15, -0.1) is 0 Å². The summed E-state index contributed by atoms with van der Waals surface area (Å²) in [5, 5.41) is 13.9. The normalized spacial score (nSPS) is 26.2. The number of phenols is 1. The Morgan fingerprint density at radius 2 is 1.45 bits per heavy atom. The smallest absolute Gasteiger partial charge is 0.241 e. The van der Waals surface area contributed by atoms with Gasteiger partial charge in [-0.3, -0.25) is 24.1 Å². The van der Waals surface area contributed by atoms with Gasteiger partial charge in [0.2, 0.25) is 29.4 Å². The maximum atomic E-state index is 14.7. The molecule has 10 nitrogen and oxygen atoms in total. The van der Waals surface area contributed by atoms with Crippen LogP contribution in [-0.4, -0.2) is 43.0 Å². The van der Waals surface area contributed by atoms with Gasteiger partial charge < -0.3 is 19.9 Å². The van der Waals surface area contributed by atoms with Gasteiger partial charge in [0.15, 0.2) is 11.5 Å². The molecular formula is C41H35ClFN3O7. The third-order valence-electron chi connectivity index (χ3n) is 11.5. The van der Waals surface area contributed by atoms with Crippen LogP contribution in [-0.2, 0) is 19.2 Å². The maximum absolute atomic E-state index is 14.7. The molecule has 2 aliphatic carbocycles. The van der Waals surface area contributed by atoms with E-state index in [0.717, 1.165) is 27.9 Å². The van der Waals surface area contributed by atoms with Crippen molar-refractivity contribution in [2.45, 2.75) is 25.7 Å². The number of carbonyl (C=O) groups is 4. The first kappa shape index (κ1) is 34.4. The van der Waals surface area contributed by atoms with Crippen LogP contribution in [0.4, 0.5) is 27.1 Å². The van der Waals surface area contributed by atoms with E-state index in [9.17, 15) is 28.7 Å². The fourth-order valence-electron chi connectivity index (χ4n) is 8.98. The van der Waals surface area contributed by atoms with Crippen LogP contribution in [0.1, 0.15) is 31.2 Å². The number of hydrogen-bond acceptors (Lipinski definition) is 8. The van der Waals surface area contributed by atoms with Gasteiger partial charge in [0.05, 0.1) is 53.8 Å². The van der Waals surface area contributed by atoms with E-state index in [1.54, 1.807) is 43.3 Å². The van der Waals surface area contributed by atoms with Crippen molar-refractivity contribution in [3.05, 3.63) is 113 Å². The number of allylic oxidation sites excluding steroid dienone is 2. The number of para-hydroxylation sites is 1. The van der Waals surface area contributed by atoms with Crippen LogP contribution in [0, 0.1) is 34.9 Å². The second-order valence-corrected chi connectivity index (χ2v) is 14.5. The van der Waals surface area contributed by atoms with E-state index >= 15 is 0 Å². The number of phenolic OH excluding ortho intramolecular Hbond substituents is 1. The molecule has 4 amide bonds. The van der Waals surface area contributed by atoms with Crippen molar-refractivity contribution in [2.75, 3.05) is 29.3 Å². The van der Waals surface area contributed by atoms with E-state index in [0.29, 0.717) is 11.3 Å². The molecule has 1 saturated carbocycles. The second kappa shape index (κ2) is 12.8. The van der Waals surface area contributed by atoms with Gasteiger partial charge in [0.1, 0.15) is 5.82 Å². The number of nitrogens with zero attached hydrogens (tertiary/aromatic N) is 2. The van der Waals surface area contributed by atoms with Crippen LogP contribution in [0.3, 0.4) is 0 Å². The van der Waals surface area contributed by atoms with Crippen molar-refractivity contribution in [3.63, 3.8) is 0 Å². The molecule has 6 unspecified atom stereocenters. The Bertz CT molecular complexity index is 2200. The summed E-state index contributed by atoms with van der Waals surface area (Å²) in [5.74, 6) is -6.27. The first-order valence-corrected chi connectivity index (χ1v) is 17.6. The first-order valence-electron chi connectivity index (χ1n) is 17.3. The number of fused-ring (bicyclic) bond motifs is 4. The van der Waals surface area contributed by atoms with Crippen LogP contribution < -0.4 is 24.6 Å². The Balaban J connectivity index is 1.21. The lowest BCUT2D eigenvalue weighted by molar-refractivity contribution is -0.131. The van der Waals surface area contributed by atoms with Crippen molar-refractivity contribution in [1.82, 2.24) is 0 Å². The zero-order chi connectivity index (χ0) is 37.3. The summed E-state index contributed by atoms with van der Waals surface area (Å²) >= 11 is 6.12. The highest BCUT2D eigenvalue weighted by Crippen LogP contribution is 2.64. The van der Waals surface area contributed by atoms with E-state index < -0.39 is 52.6 Å². The molecular weight excluding hydrogens is 701 g/mol. The van der Waals surface area contributed by atoms with Gasteiger partial charge in [0, 0.05) is 17.3 Å². The van der Waals surface area contributed by atoms with Gasteiger partial charge in [-0.2, -0.15) is 0 Å². The molecule has 3 fully saturated rings.